The Hall–Kier alpha value is -1.59. The molecule has 1 N–H and O–H groups in total. The van der Waals surface area contributed by atoms with Crippen molar-refractivity contribution in [3.8, 4) is 0 Å². The van der Waals surface area contributed by atoms with Crippen LogP contribution in [0.5, 0.6) is 0 Å². The second-order valence-electron chi connectivity index (χ2n) is 6.95. The van der Waals surface area contributed by atoms with Gasteiger partial charge in [-0.25, -0.2) is 0 Å². The van der Waals surface area contributed by atoms with Crippen LogP contribution in [-0.4, -0.2) is 43.9 Å². The smallest absolute Gasteiger partial charge is 0.250 e. The van der Waals surface area contributed by atoms with Gasteiger partial charge in [0.1, 0.15) is 6.61 Å². The molecule has 1 aromatic rings. The van der Waals surface area contributed by atoms with Gasteiger partial charge in [-0.15, -0.1) is 0 Å². The van der Waals surface area contributed by atoms with Crippen molar-refractivity contribution in [3.05, 3.63) is 24.3 Å². The predicted molar refractivity (Wildman–Crippen MR) is 95.5 cm³/mol. The van der Waals surface area contributed by atoms with Crippen molar-refractivity contribution in [1.29, 1.82) is 0 Å². The molecule has 0 bridgehead atoms. The number of nitrogens with one attached hydrogen (secondary N) is 1. The quantitative estimate of drug-likeness (QED) is 0.900. The second kappa shape index (κ2) is 7.99. The maximum Gasteiger partial charge on any atom is 0.250 e. The molecule has 2 aliphatic rings. The highest BCUT2D eigenvalue weighted by Crippen LogP contribution is 2.28. The first-order valence-electron chi connectivity index (χ1n) is 9.02. The van der Waals surface area contributed by atoms with Crippen molar-refractivity contribution in [2.45, 2.75) is 57.8 Å². The van der Waals surface area contributed by atoms with Crippen LogP contribution in [0.1, 0.15) is 39.5 Å². The van der Waals surface area contributed by atoms with Crippen LogP contribution >= 0.6 is 0 Å². The van der Waals surface area contributed by atoms with Gasteiger partial charge in [0.2, 0.25) is 5.91 Å². The lowest BCUT2D eigenvalue weighted by atomic mass is 10.1. The molecule has 2 atom stereocenters. The number of ether oxygens (including phenoxy) is 2. The number of carbonyl (C=O) groups excluding carboxylic acids is 1. The molecule has 1 amide bonds. The number of anilines is 2. The molecular weight excluding hydrogens is 304 g/mol. The zero-order valence-corrected chi connectivity index (χ0v) is 14.7. The molecule has 1 aliphatic heterocycles. The van der Waals surface area contributed by atoms with Gasteiger partial charge in [0.25, 0.3) is 0 Å². The van der Waals surface area contributed by atoms with Crippen LogP contribution in [0.2, 0.25) is 0 Å². The summed E-state index contributed by atoms with van der Waals surface area (Å²) in [4.78, 5) is 14.5. The lowest BCUT2D eigenvalue weighted by Crippen LogP contribution is -2.45. The van der Waals surface area contributed by atoms with Crippen molar-refractivity contribution >= 4 is 17.3 Å². The molecule has 0 aromatic heterocycles. The number of nitrogens with zero attached hydrogens (tertiary/aromatic N) is 1. The first-order valence-corrected chi connectivity index (χ1v) is 9.02. The molecule has 2 fully saturated rings. The number of carbonyl (C=O) groups is 1. The van der Waals surface area contributed by atoms with Gasteiger partial charge in [0.05, 0.1) is 29.7 Å². The third-order valence-corrected chi connectivity index (χ3v) is 4.69. The van der Waals surface area contributed by atoms with Crippen molar-refractivity contribution in [2.24, 2.45) is 0 Å². The molecule has 1 saturated heterocycles. The highest BCUT2D eigenvalue weighted by atomic mass is 16.5. The fraction of sp³-hybridized carbons (Fsp3) is 0.632. The van der Waals surface area contributed by atoms with Gasteiger partial charge in [-0.1, -0.05) is 25.0 Å². The molecule has 1 heterocycles. The minimum absolute atomic E-state index is 0.0799. The zero-order chi connectivity index (χ0) is 16.9. The predicted octanol–water partition coefficient (Wildman–Crippen LogP) is 3.20. The molecule has 0 radical (unpaired) electrons. The molecule has 0 unspecified atom stereocenters. The summed E-state index contributed by atoms with van der Waals surface area (Å²) in [5.41, 5.74) is 1.90. The monoisotopic (exact) mass is 332 g/mol. The number of benzene rings is 1. The van der Waals surface area contributed by atoms with Crippen LogP contribution in [0.4, 0.5) is 11.4 Å². The molecule has 3 rings (SSSR count). The Morgan fingerprint density at radius 2 is 1.88 bits per heavy atom. The summed E-state index contributed by atoms with van der Waals surface area (Å²) in [6.07, 6.45) is 5.20. The summed E-state index contributed by atoms with van der Waals surface area (Å²) in [5, 5.41) is 3.02. The van der Waals surface area contributed by atoms with E-state index in [9.17, 15) is 4.79 Å². The standard InChI is InChI=1S/C19H28N2O3/c1-14-11-21(12-15(2)24-14)18-10-6-5-9-17(18)20-19(22)13-23-16-7-3-4-8-16/h5-6,9-10,14-16H,3-4,7-8,11-13H2,1-2H3,(H,20,22)/t14-,15+. The number of hydrogen-bond donors (Lipinski definition) is 1. The van der Waals surface area contributed by atoms with E-state index in [2.05, 4.69) is 30.1 Å². The first kappa shape index (κ1) is 17.2. The summed E-state index contributed by atoms with van der Waals surface area (Å²) in [7, 11) is 0. The number of amides is 1. The number of rotatable bonds is 5. The largest absolute Gasteiger partial charge is 0.372 e. The van der Waals surface area contributed by atoms with E-state index in [0.29, 0.717) is 0 Å². The minimum Gasteiger partial charge on any atom is -0.372 e. The van der Waals surface area contributed by atoms with E-state index in [1.54, 1.807) is 0 Å². The fourth-order valence-corrected chi connectivity index (χ4v) is 3.66. The Bertz CT molecular complexity index is 547. The van der Waals surface area contributed by atoms with E-state index in [-0.39, 0.29) is 30.8 Å². The second-order valence-corrected chi connectivity index (χ2v) is 6.95. The van der Waals surface area contributed by atoms with Crippen LogP contribution < -0.4 is 10.2 Å². The zero-order valence-electron chi connectivity index (χ0n) is 14.7. The van der Waals surface area contributed by atoms with E-state index < -0.39 is 0 Å². The van der Waals surface area contributed by atoms with Crippen molar-refractivity contribution in [2.75, 3.05) is 29.9 Å². The molecule has 0 spiro atoms. The van der Waals surface area contributed by atoms with Gasteiger partial charge in [-0.3, -0.25) is 4.79 Å². The van der Waals surface area contributed by atoms with Crippen molar-refractivity contribution in [3.63, 3.8) is 0 Å². The van der Waals surface area contributed by atoms with Crippen LogP contribution in [0, 0.1) is 0 Å². The van der Waals surface area contributed by atoms with E-state index in [4.69, 9.17) is 9.47 Å². The topological polar surface area (TPSA) is 50.8 Å². The lowest BCUT2D eigenvalue weighted by molar-refractivity contribution is -0.122. The molecule has 1 aromatic carbocycles. The Balaban J connectivity index is 1.61. The van der Waals surface area contributed by atoms with Gasteiger partial charge < -0.3 is 19.7 Å². The molecule has 132 valence electrons. The van der Waals surface area contributed by atoms with Crippen LogP contribution in [0.15, 0.2) is 24.3 Å². The molecule has 1 aliphatic carbocycles. The van der Waals surface area contributed by atoms with Gasteiger partial charge >= 0.3 is 0 Å². The van der Waals surface area contributed by atoms with Gasteiger partial charge in [0.15, 0.2) is 0 Å². The van der Waals surface area contributed by atoms with Crippen LogP contribution in [0.25, 0.3) is 0 Å². The average Bonchev–Trinajstić information content (AvgIpc) is 3.06. The SMILES string of the molecule is C[C@@H]1CN(c2ccccc2NC(=O)COC2CCCC2)C[C@H](C)O1. The molecule has 5 nitrogen and oxygen atoms in total. The molecular formula is C19H28N2O3. The normalized spacial score (nSPS) is 25.0. The van der Waals surface area contributed by atoms with E-state index in [0.717, 1.165) is 37.3 Å². The third-order valence-electron chi connectivity index (χ3n) is 4.69. The number of hydrogen-bond acceptors (Lipinski definition) is 4. The van der Waals surface area contributed by atoms with Gasteiger partial charge in [0, 0.05) is 13.1 Å². The lowest BCUT2D eigenvalue weighted by Gasteiger charge is -2.37. The maximum absolute atomic E-state index is 12.3. The molecule has 5 heteroatoms. The number of morpholine rings is 1. The molecule has 1 saturated carbocycles. The summed E-state index contributed by atoms with van der Waals surface area (Å²) < 4.78 is 11.5. The van der Waals surface area contributed by atoms with Crippen molar-refractivity contribution < 1.29 is 14.3 Å². The van der Waals surface area contributed by atoms with Crippen molar-refractivity contribution in [1.82, 2.24) is 0 Å². The third kappa shape index (κ3) is 4.48. The first-order chi connectivity index (χ1) is 11.6. The molecule has 24 heavy (non-hydrogen) atoms. The summed E-state index contributed by atoms with van der Waals surface area (Å²) >= 11 is 0. The average molecular weight is 332 g/mol. The Kier molecular flexibility index (Phi) is 5.74. The Labute approximate surface area is 144 Å². The highest BCUT2D eigenvalue weighted by Gasteiger charge is 2.24. The van der Waals surface area contributed by atoms with Gasteiger partial charge in [-0.05, 0) is 38.8 Å². The summed E-state index contributed by atoms with van der Waals surface area (Å²) in [6, 6.07) is 7.96. The minimum atomic E-state index is -0.0799. The highest BCUT2D eigenvalue weighted by molar-refractivity contribution is 5.95. The maximum atomic E-state index is 12.3. The Morgan fingerprint density at radius 1 is 1.21 bits per heavy atom. The van der Waals surface area contributed by atoms with Gasteiger partial charge in [-0.2, -0.15) is 0 Å². The van der Waals surface area contributed by atoms with Crippen LogP contribution in [-0.2, 0) is 14.3 Å². The summed E-state index contributed by atoms with van der Waals surface area (Å²) in [5.74, 6) is -0.0799. The Morgan fingerprint density at radius 3 is 2.58 bits per heavy atom. The number of para-hydroxylation sites is 2. The van der Waals surface area contributed by atoms with E-state index in [1.807, 2.05) is 18.2 Å². The fourth-order valence-electron chi connectivity index (χ4n) is 3.66. The van der Waals surface area contributed by atoms with Crippen LogP contribution in [0.3, 0.4) is 0 Å². The van der Waals surface area contributed by atoms with E-state index in [1.165, 1.54) is 12.8 Å². The van der Waals surface area contributed by atoms with E-state index >= 15 is 0 Å². The summed E-state index contributed by atoms with van der Waals surface area (Å²) in [6.45, 7) is 5.96.